The fourth-order valence-corrected chi connectivity index (χ4v) is 2.38. The van der Waals surface area contributed by atoms with E-state index >= 15 is 0 Å². The molecule has 96 valence electrons. The third kappa shape index (κ3) is 4.48. The van der Waals surface area contributed by atoms with E-state index in [4.69, 9.17) is 0 Å². The fourth-order valence-electron chi connectivity index (χ4n) is 1.48. The zero-order valence-electron chi connectivity index (χ0n) is 10.7. The summed E-state index contributed by atoms with van der Waals surface area (Å²) >= 11 is 0. The quantitative estimate of drug-likeness (QED) is 0.790. The van der Waals surface area contributed by atoms with E-state index in [0.717, 1.165) is 6.54 Å². The minimum absolute atomic E-state index is 0.205. The highest BCUT2D eigenvalue weighted by atomic mass is 32.2. The van der Waals surface area contributed by atoms with Crippen molar-refractivity contribution in [1.82, 2.24) is 5.32 Å². The lowest BCUT2D eigenvalue weighted by molar-refractivity contribution is 0.582. The van der Waals surface area contributed by atoms with Gasteiger partial charge in [0.2, 0.25) is 0 Å². The Morgan fingerprint density at radius 3 is 2.47 bits per heavy atom. The molecule has 0 saturated carbocycles. The van der Waals surface area contributed by atoms with E-state index in [1.54, 1.807) is 13.8 Å². The Bertz CT molecular complexity index is 452. The monoisotopic (exact) mass is 255 g/mol. The van der Waals surface area contributed by atoms with Gasteiger partial charge in [0.05, 0.1) is 11.0 Å². The summed E-state index contributed by atoms with van der Waals surface area (Å²) in [7, 11) is -2.93. The number of aryl methyl sites for hydroxylation is 1. The molecule has 0 fully saturated rings. The maximum absolute atomic E-state index is 11.6. The van der Waals surface area contributed by atoms with Gasteiger partial charge in [0.15, 0.2) is 9.84 Å². The number of rotatable bonds is 6. The predicted molar refractivity (Wildman–Crippen MR) is 71.8 cm³/mol. The molecule has 0 aliphatic heterocycles. The van der Waals surface area contributed by atoms with Crippen LogP contribution in [0.5, 0.6) is 0 Å². The second kappa shape index (κ2) is 6.17. The Morgan fingerprint density at radius 1 is 1.24 bits per heavy atom. The van der Waals surface area contributed by atoms with Crippen LogP contribution < -0.4 is 5.32 Å². The molecule has 0 aliphatic rings. The number of hydrogen-bond donors (Lipinski definition) is 1. The molecule has 1 N–H and O–H groups in total. The Balaban J connectivity index is 2.38. The van der Waals surface area contributed by atoms with Gasteiger partial charge in [0.25, 0.3) is 0 Å². The van der Waals surface area contributed by atoms with E-state index in [2.05, 4.69) is 24.4 Å². The maximum atomic E-state index is 11.6. The van der Waals surface area contributed by atoms with Crippen molar-refractivity contribution in [2.75, 3.05) is 12.3 Å². The van der Waals surface area contributed by atoms with Crippen LogP contribution in [0, 0.1) is 6.92 Å². The van der Waals surface area contributed by atoms with Crippen LogP contribution in [-0.2, 0) is 16.4 Å². The number of hydrogen-bond acceptors (Lipinski definition) is 3. The van der Waals surface area contributed by atoms with Crippen LogP contribution in [0.15, 0.2) is 24.3 Å². The minimum Gasteiger partial charge on any atom is -0.312 e. The normalized spacial score (nSPS) is 12.0. The molecule has 1 aromatic carbocycles. The molecule has 0 amide bonds. The van der Waals surface area contributed by atoms with Gasteiger partial charge in [0.1, 0.15) is 0 Å². The van der Waals surface area contributed by atoms with Gasteiger partial charge < -0.3 is 5.32 Å². The van der Waals surface area contributed by atoms with Gasteiger partial charge in [-0.2, -0.15) is 0 Å². The van der Waals surface area contributed by atoms with Crippen molar-refractivity contribution < 1.29 is 8.42 Å². The van der Waals surface area contributed by atoms with E-state index in [0.29, 0.717) is 6.54 Å². The lowest BCUT2D eigenvalue weighted by atomic mass is 10.1. The molecule has 0 heterocycles. The van der Waals surface area contributed by atoms with Crippen LogP contribution in [0.2, 0.25) is 0 Å². The largest absolute Gasteiger partial charge is 0.312 e. The topological polar surface area (TPSA) is 46.2 Å². The van der Waals surface area contributed by atoms with E-state index in [9.17, 15) is 8.42 Å². The molecule has 1 aromatic rings. The first-order chi connectivity index (χ1) is 7.93. The van der Waals surface area contributed by atoms with E-state index in [1.165, 1.54) is 11.1 Å². The number of benzene rings is 1. The summed E-state index contributed by atoms with van der Waals surface area (Å²) < 4.78 is 23.1. The highest BCUT2D eigenvalue weighted by molar-refractivity contribution is 7.92. The van der Waals surface area contributed by atoms with E-state index in [1.807, 2.05) is 12.1 Å². The first-order valence-corrected chi connectivity index (χ1v) is 7.62. The maximum Gasteiger partial charge on any atom is 0.153 e. The Morgan fingerprint density at radius 2 is 1.88 bits per heavy atom. The van der Waals surface area contributed by atoms with Crippen molar-refractivity contribution >= 4 is 9.84 Å². The van der Waals surface area contributed by atoms with Crippen LogP contribution >= 0.6 is 0 Å². The molecule has 0 aromatic heterocycles. The lowest BCUT2D eigenvalue weighted by Crippen LogP contribution is -2.27. The van der Waals surface area contributed by atoms with Gasteiger partial charge in [-0.05, 0) is 31.9 Å². The van der Waals surface area contributed by atoms with Gasteiger partial charge in [-0.15, -0.1) is 0 Å². The smallest absolute Gasteiger partial charge is 0.153 e. The highest BCUT2D eigenvalue weighted by Gasteiger charge is 2.14. The summed E-state index contributed by atoms with van der Waals surface area (Å²) in [5.74, 6) is 0.205. The molecule has 1 rings (SSSR count). The lowest BCUT2D eigenvalue weighted by Gasteiger charge is -2.09. The van der Waals surface area contributed by atoms with Crippen LogP contribution in [0.25, 0.3) is 0 Å². The van der Waals surface area contributed by atoms with E-state index in [-0.39, 0.29) is 11.0 Å². The number of nitrogens with one attached hydrogen (secondary N) is 1. The molecule has 0 saturated heterocycles. The summed E-state index contributed by atoms with van der Waals surface area (Å²) in [6, 6.07) is 8.11. The zero-order chi connectivity index (χ0) is 12.9. The van der Waals surface area contributed by atoms with E-state index < -0.39 is 9.84 Å². The van der Waals surface area contributed by atoms with Crippen LogP contribution in [-0.4, -0.2) is 26.0 Å². The van der Waals surface area contributed by atoms with Crippen molar-refractivity contribution in [1.29, 1.82) is 0 Å². The van der Waals surface area contributed by atoms with Crippen LogP contribution in [0.1, 0.15) is 25.0 Å². The Labute approximate surface area is 104 Å². The molecular formula is C13H21NO2S. The van der Waals surface area contributed by atoms with Gasteiger partial charge in [-0.1, -0.05) is 24.3 Å². The summed E-state index contributed by atoms with van der Waals surface area (Å²) in [6.07, 6.45) is 0. The molecule has 0 spiro atoms. The van der Waals surface area contributed by atoms with Crippen LogP contribution in [0.3, 0.4) is 0 Å². The average Bonchev–Trinajstić information content (AvgIpc) is 2.26. The first kappa shape index (κ1) is 14.2. The van der Waals surface area contributed by atoms with Gasteiger partial charge in [0, 0.05) is 13.1 Å². The third-order valence-electron chi connectivity index (χ3n) is 2.86. The van der Waals surface area contributed by atoms with Gasteiger partial charge in [-0.3, -0.25) is 0 Å². The van der Waals surface area contributed by atoms with Crippen molar-refractivity contribution in [3.8, 4) is 0 Å². The standard InChI is InChI=1S/C13H21NO2S/c1-11(2)17(15,16)9-8-14-10-13-7-5-4-6-12(13)3/h4-7,11,14H,8-10H2,1-3H3. The van der Waals surface area contributed by atoms with Crippen molar-refractivity contribution in [2.45, 2.75) is 32.6 Å². The number of sulfone groups is 1. The van der Waals surface area contributed by atoms with Crippen molar-refractivity contribution in [3.63, 3.8) is 0 Å². The zero-order valence-corrected chi connectivity index (χ0v) is 11.5. The summed E-state index contributed by atoms with van der Waals surface area (Å²) in [5, 5.41) is 2.89. The Kier molecular flexibility index (Phi) is 5.15. The fraction of sp³-hybridized carbons (Fsp3) is 0.538. The summed E-state index contributed by atoms with van der Waals surface area (Å²) in [5.41, 5.74) is 2.45. The average molecular weight is 255 g/mol. The molecule has 0 radical (unpaired) electrons. The first-order valence-electron chi connectivity index (χ1n) is 5.90. The van der Waals surface area contributed by atoms with Crippen LogP contribution in [0.4, 0.5) is 0 Å². The molecule has 17 heavy (non-hydrogen) atoms. The molecular weight excluding hydrogens is 234 g/mol. The second-order valence-electron chi connectivity index (χ2n) is 4.52. The molecule has 0 aliphatic carbocycles. The van der Waals surface area contributed by atoms with Crippen molar-refractivity contribution in [3.05, 3.63) is 35.4 Å². The molecule has 0 bridgehead atoms. The Hall–Kier alpha value is -0.870. The summed E-state index contributed by atoms with van der Waals surface area (Å²) in [6.45, 7) is 6.73. The third-order valence-corrected chi connectivity index (χ3v) is 5.07. The van der Waals surface area contributed by atoms with Gasteiger partial charge >= 0.3 is 0 Å². The minimum atomic E-state index is -2.93. The second-order valence-corrected chi connectivity index (χ2v) is 7.20. The molecule has 0 unspecified atom stereocenters. The molecule has 3 nitrogen and oxygen atoms in total. The predicted octanol–water partition coefficient (Wildman–Crippen LogP) is 1.91. The van der Waals surface area contributed by atoms with Gasteiger partial charge in [-0.25, -0.2) is 8.42 Å². The molecule has 4 heteroatoms. The van der Waals surface area contributed by atoms with Crippen molar-refractivity contribution in [2.24, 2.45) is 0 Å². The molecule has 0 atom stereocenters. The SMILES string of the molecule is Cc1ccccc1CNCCS(=O)(=O)C(C)C. The highest BCUT2D eigenvalue weighted by Crippen LogP contribution is 2.06. The summed E-state index contributed by atoms with van der Waals surface area (Å²) in [4.78, 5) is 0.